The second kappa shape index (κ2) is 6.20. The maximum absolute atomic E-state index is 11.1. The number of amides is 1. The predicted molar refractivity (Wildman–Crippen MR) is 77.2 cm³/mol. The summed E-state index contributed by atoms with van der Waals surface area (Å²) in [6.07, 6.45) is 3.36. The Morgan fingerprint density at radius 1 is 1.30 bits per heavy atom. The van der Waals surface area contributed by atoms with Gasteiger partial charge in [-0.25, -0.2) is 0 Å². The molecule has 20 heavy (non-hydrogen) atoms. The first kappa shape index (κ1) is 13.3. The molecule has 1 fully saturated rings. The Morgan fingerprint density at radius 2 is 2.15 bits per heavy atom. The number of carbonyl (C=O) groups is 1. The van der Waals surface area contributed by atoms with E-state index in [9.17, 15) is 4.79 Å². The highest BCUT2D eigenvalue weighted by atomic mass is 16.5. The highest BCUT2D eigenvalue weighted by molar-refractivity contribution is 5.77. The monoisotopic (exact) mass is 272 g/mol. The second-order valence-electron chi connectivity index (χ2n) is 5.35. The summed E-state index contributed by atoms with van der Waals surface area (Å²) in [7, 11) is 0. The first-order valence-corrected chi connectivity index (χ1v) is 7.15. The summed E-state index contributed by atoms with van der Waals surface area (Å²) in [6, 6.07) is 10.5. The fourth-order valence-corrected chi connectivity index (χ4v) is 2.74. The molecule has 1 aromatic carbocycles. The van der Waals surface area contributed by atoms with E-state index in [0.717, 1.165) is 26.1 Å². The SMILES string of the molecule is O=C1CO[C@@H](C2=CCN(Cc3ccccc3)CC2)CN1. The molecule has 0 unspecified atom stereocenters. The maximum atomic E-state index is 11.1. The van der Waals surface area contributed by atoms with Crippen LogP contribution >= 0.6 is 0 Å². The molecule has 4 heteroatoms. The largest absolute Gasteiger partial charge is 0.362 e. The van der Waals surface area contributed by atoms with Gasteiger partial charge < -0.3 is 10.1 Å². The van der Waals surface area contributed by atoms with E-state index in [1.54, 1.807) is 0 Å². The third kappa shape index (κ3) is 3.26. The highest BCUT2D eigenvalue weighted by Crippen LogP contribution is 2.19. The zero-order valence-electron chi connectivity index (χ0n) is 11.5. The molecule has 106 valence electrons. The van der Waals surface area contributed by atoms with Crippen molar-refractivity contribution in [3.05, 3.63) is 47.5 Å². The molecular formula is C16H20N2O2. The van der Waals surface area contributed by atoms with Gasteiger partial charge in [-0.1, -0.05) is 36.4 Å². The van der Waals surface area contributed by atoms with E-state index in [1.807, 2.05) is 6.07 Å². The fourth-order valence-electron chi connectivity index (χ4n) is 2.74. The van der Waals surface area contributed by atoms with E-state index in [2.05, 4.69) is 40.6 Å². The van der Waals surface area contributed by atoms with E-state index >= 15 is 0 Å². The Balaban J connectivity index is 1.54. The smallest absolute Gasteiger partial charge is 0.246 e. The van der Waals surface area contributed by atoms with Crippen molar-refractivity contribution in [1.82, 2.24) is 10.2 Å². The molecule has 0 saturated carbocycles. The minimum Gasteiger partial charge on any atom is -0.362 e. The average Bonchev–Trinajstić information content (AvgIpc) is 2.50. The number of benzene rings is 1. The summed E-state index contributed by atoms with van der Waals surface area (Å²) in [4.78, 5) is 13.5. The van der Waals surface area contributed by atoms with Gasteiger partial charge in [0.15, 0.2) is 0 Å². The van der Waals surface area contributed by atoms with Crippen molar-refractivity contribution in [3.63, 3.8) is 0 Å². The summed E-state index contributed by atoms with van der Waals surface area (Å²) in [5, 5.41) is 2.86. The Morgan fingerprint density at radius 3 is 2.80 bits per heavy atom. The predicted octanol–water partition coefficient (Wildman–Crippen LogP) is 1.33. The van der Waals surface area contributed by atoms with Gasteiger partial charge in [-0.15, -0.1) is 0 Å². The third-order valence-corrected chi connectivity index (χ3v) is 3.89. The van der Waals surface area contributed by atoms with Crippen LogP contribution < -0.4 is 5.32 Å². The number of ether oxygens (including phenoxy) is 1. The molecule has 0 spiro atoms. The Kier molecular flexibility index (Phi) is 4.14. The number of hydrogen-bond donors (Lipinski definition) is 1. The standard InChI is InChI=1S/C16H20N2O2/c19-16-12-20-15(10-17-16)14-6-8-18(9-7-14)11-13-4-2-1-3-5-13/h1-6,15H,7-12H2,(H,17,19)/t15-/m1/s1. The van der Waals surface area contributed by atoms with Gasteiger partial charge in [-0.2, -0.15) is 0 Å². The van der Waals surface area contributed by atoms with Crippen molar-refractivity contribution in [2.45, 2.75) is 19.1 Å². The maximum Gasteiger partial charge on any atom is 0.246 e. The van der Waals surface area contributed by atoms with Crippen LogP contribution in [0, 0.1) is 0 Å². The van der Waals surface area contributed by atoms with Crippen molar-refractivity contribution in [2.24, 2.45) is 0 Å². The van der Waals surface area contributed by atoms with Gasteiger partial charge in [0.1, 0.15) is 6.61 Å². The van der Waals surface area contributed by atoms with Crippen LogP contribution in [-0.4, -0.2) is 43.2 Å². The lowest BCUT2D eigenvalue weighted by Crippen LogP contribution is -2.45. The lowest BCUT2D eigenvalue weighted by molar-refractivity contribution is -0.131. The van der Waals surface area contributed by atoms with Gasteiger partial charge in [0.2, 0.25) is 5.91 Å². The summed E-state index contributed by atoms with van der Waals surface area (Å²) in [5.41, 5.74) is 2.68. The van der Waals surface area contributed by atoms with Crippen LogP contribution in [0.15, 0.2) is 42.0 Å². The van der Waals surface area contributed by atoms with Crippen LogP contribution in [0.3, 0.4) is 0 Å². The molecule has 3 rings (SSSR count). The van der Waals surface area contributed by atoms with Crippen LogP contribution in [-0.2, 0) is 16.1 Å². The van der Waals surface area contributed by atoms with E-state index in [1.165, 1.54) is 11.1 Å². The van der Waals surface area contributed by atoms with Crippen LogP contribution in [0.4, 0.5) is 0 Å². The molecule has 0 bridgehead atoms. The van der Waals surface area contributed by atoms with Gasteiger partial charge >= 0.3 is 0 Å². The summed E-state index contributed by atoms with van der Waals surface area (Å²) in [5.74, 6) is -0.0108. The van der Waals surface area contributed by atoms with E-state index in [0.29, 0.717) is 6.54 Å². The lowest BCUT2D eigenvalue weighted by atomic mass is 10.0. The molecule has 1 N–H and O–H groups in total. The second-order valence-corrected chi connectivity index (χ2v) is 5.35. The van der Waals surface area contributed by atoms with Crippen LogP contribution in [0.1, 0.15) is 12.0 Å². The lowest BCUT2D eigenvalue weighted by Gasteiger charge is -2.31. The Labute approximate surface area is 119 Å². The van der Waals surface area contributed by atoms with Gasteiger partial charge in [0, 0.05) is 26.2 Å². The summed E-state index contributed by atoms with van der Waals surface area (Å²) >= 11 is 0. The quantitative estimate of drug-likeness (QED) is 0.844. The molecule has 4 nitrogen and oxygen atoms in total. The third-order valence-electron chi connectivity index (χ3n) is 3.89. The first-order valence-electron chi connectivity index (χ1n) is 7.15. The zero-order chi connectivity index (χ0) is 13.8. The number of hydrogen-bond acceptors (Lipinski definition) is 3. The molecule has 1 saturated heterocycles. The number of rotatable bonds is 3. The number of nitrogens with zero attached hydrogens (tertiary/aromatic N) is 1. The molecule has 1 aromatic rings. The van der Waals surface area contributed by atoms with E-state index in [-0.39, 0.29) is 18.6 Å². The van der Waals surface area contributed by atoms with Crippen molar-refractivity contribution in [1.29, 1.82) is 0 Å². The van der Waals surface area contributed by atoms with E-state index in [4.69, 9.17) is 4.74 Å². The Hall–Kier alpha value is -1.65. The molecule has 2 aliphatic rings. The molecule has 1 amide bonds. The van der Waals surface area contributed by atoms with Crippen molar-refractivity contribution in [2.75, 3.05) is 26.2 Å². The summed E-state index contributed by atoms with van der Waals surface area (Å²) < 4.78 is 5.58. The molecular weight excluding hydrogens is 252 g/mol. The summed E-state index contributed by atoms with van der Waals surface area (Å²) in [6.45, 7) is 3.80. The molecule has 0 radical (unpaired) electrons. The molecule has 2 aliphatic heterocycles. The van der Waals surface area contributed by atoms with Crippen molar-refractivity contribution < 1.29 is 9.53 Å². The highest BCUT2D eigenvalue weighted by Gasteiger charge is 2.24. The van der Waals surface area contributed by atoms with Crippen molar-refractivity contribution >= 4 is 5.91 Å². The number of nitrogens with one attached hydrogen (secondary N) is 1. The Bertz CT molecular complexity index is 488. The zero-order valence-corrected chi connectivity index (χ0v) is 11.5. The van der Waals surface area contributed by atoms with Gasteiger partial charge in [0.25, 0.3) is 0 Å². The van der Waals surface area contributed by atoms with Crippen molar-refractivity contribution in [3.8, 4) is 0 Å². The minimum absolute atomic E-state index is 0.0108. The molecule has 0 aromatic heterocycles. The van der Waals surface area contributed by atoms with Crippen LogP contribution in [0.5, 0.6) is 0 Å². The normalized spacial score (nSPS) is 24.1. The average molecular weight is 272 g/mol. The first-order chi connectivity index (χ1) is 9.81. The van der Waals surface area contributed by atoms with Gasteiger partial charge in [-0.05, 0) is 17.6 Å². The van der Waals surface area contributed by atoms with Gasteiger partial charge in [-0.3, -0.25) is 9.69 Å². The number of carbonyl (C=O) groups excluding carboxylic acids is 1. The van der Waals surface area contributed by atoms with E-state index < -0.39 is 0 Å². The fraction of sp³-hybridized carbons (Fsp3) is 0.438. The van der Waals surface area contributed by atoms with Gasteiger partial charge in [0.05, 0.1) is 6.10 Å². The minimum atomic E-state index is -0.0108. The van der Waals surface area contributed by atoms with Crippen LogP contribution in [0.25, 0.3) is 0 Å². The number of morpholine rings is 1. The van der Waals surface area contributed by atoms with Crippen LogP contribution in [0.2, 0.25) is 0 Å². The molecule has 0 aliphatic carbocycles. The molecule has 2 heterocycles. The molecule has 1 atom stereocenters. The topological polar surface area (TPSA) is 41.6 Å².